The fourth-order valence-corrected chi connectivity index (χ4v) is 3.93. The molecule has 1 aromatic heterocycles. The van der Waals surface area contributed by atoms with Crippen LogP contribution in [0.15, 0.2) is 53.4 Å². The van der Waals surface area contributed by atoms with Gasteiger partial charge in [0.2, 0.25) is 15.7 Å². The molecule has 3 rings (SSSR count). The number of hydrogen-bond donors (Lipinski definition) is 0. The predicted octanol–water partition coefficient (Wildman–Crippen LogP) is 3.38. The second-order valence-electron chi connectivity index (χ2n) is 5.70. The van der Waals surface area contributed by atoms with Gasteiger partial charge in [-0.05, 0) is 38.1 Å². The lowest BCUT2D eigenvalue weighted by Gasteiger charge is -2.15. The molecule has 0 amide bonds. The molecule has 3 aromatic rings. The number of aromatic nitrogens is 2. The zero-order valence-electron chi connectivity index (χ0n) is 14.4. The quantitative estimate of drug-likeness (QED) is 0.686. The molecule has 26 heavy (non-hydrogen) atoms. The first-order valence-corrected chi connectivity index (χ1v) is 9.61. The Bertz CT molecular complexity index is 1090. The van der Waals surface area contributed by atoms with Gasteiger partial charge in [-0.1, -0.05) is 29.8 Å². The van der Waals surface area contributed by atoms with Gasteiger partial charge in [-0.3, -0.25) is 0 Å². The minimum Gasteiger partial charge on any atom is -0.477 e. The van der Waals surface area contributed by atoms with Crippen molar-refractivity contribution in [2.24, 2.45) is 0 Å². The monoisotopic (exact) mass is 367 g/mol. The number of sulfone groups is 1. The number of ether oxygens (including phenoxy) is 1. The third-order valence-corrected chi connectivity index (χ3v) is 5.75. The number of nitrogens with zero attached hydrogens (tertiary/aromatic N) is 3. The van der Waals surface area contributed by atoms with Gasteiger partial charge in [-0.15, -0.1) is 0 Å². The highest BCUT2D eigenvalue weighted by Gasteiger charge is 2.34. The smallest absolute Gasteiger partial charge is 0.238 e. The van der Waals surface area contributed by atoms with Crippen molar-refractivity contribution >= 4 is 20.9 Å². The molecule has 0 spiro atoms. The summed E-state index contributed by atoms with van der Waals surface area (Å²) < 4.78 is 31.5. The first kappa shape index (κ1) is 17.8. The summed E-state index contributed by atoms with van der Waals surface area (Å²) in [6, 6.07) is 15.3. The number of fused-ring (bicyclic) bond motifs is 1. The van der Waals surface area contributed by atoms with E-state index < -0.39 is 15.1 Å². The minimum atomic E-state index is -3.97. The van der Waals surface area contributed by atoms with Gasteiger partial charge in [0.1, 0.15) is 5.69 Å². The molecule has 7 heteroatoms. The third-order valence-electron chi connectivity index (χ3n) is 3.87. The van der Waals surface area contributed by atoms with Gasteiger partial charge >= 0.3 is 0 Å². The second-order valence-corrected chi connectivity index (χ2v) is 7.74. The van der Waals surface area contributed by atoms with Crippen LogP contribution in [0, 0.1) is 18.3 Å². The zero-order valence-corrected chi connectivity index (χ0v) is 15.2. The summed E-state index contributed by atoms with van der Waals surface area (Å²) in [5.41, 5.74) is 2.01. The molecule has 0 aliphatic carbocycles. The Labute approximate surface area is 152 Å². The van der Waals surface area contributed by atoms with Crippen molar-refractivity contribution in [2.75, 3.05) is 6.61 Å². The van der Waals surface area contributed by atoms with Gasteiger partial charge in [0.25, 0.3) is 0 Å². The van der Waals surface area contributed by atoms with E-state index in [0.717, 1.165) is 5.56 Å². The molecule has 1 atom stereocenters. The molecule has 0 aliphatic rings. The molecule has 0 saturated heterocycles. The summed E-state index contributed by atoms with van der Waals surface area (Å²) in [7, 11) is -3.97. The van der Waals surface area contributed by atoms with Crippen LogP contribution in [0.1, 0.15) is 23.4 Å². The van der Waals surface area contributed by atoms with E-state index in [2.05, 4.69) is 9.97 Å². The SMILES string of the molecule is CCOc1nc2ccccc2nc1[C@H](C#N)S(=O)(=O)c1ccc(C)cc1. The molecule has 0 N–H and O–H groups in total. The lowest BCUT2D eigenvalue weighted by molar-refractivity contribution is 0.322. The van der Waals surface area contributed by atoms with E-state index in [1.165, 1.54) is 12.1 Å². The number of para-hydroxylation sites is 2. The van der Waals surface area contributed by atoms with Gasteiger partial charge < -0.3 is 4.74 Å². The Morgan fingerprint density at radius 3 is 2.27 bits per heavy atom. The summed E-state index contributed by atoms with van der Waals surface area (Å²) in [6.07, 6.45) is 0. The zero-order chi connectivity index (χ0) is 18.7. The highest BCUT2D eigenvalue weighted by Crippen LogP contribution is 2.33. The van der Waals surface area contributed by atoms with E-state index in [9.17, 15) is 13.7 Å². The Kier molecular flexibility index (Phi) is 4.87. The third kappa shape index (κ3) is 3.24. The van der Waals surface area contributed by atoms with E-state index >= 15 is 0 Å². The van der Waals surface area contributed by atoms with Crippen molar-refractivity contribution in [3.8, 4) is 11.9 Å². The molecular formula is C19H17N3O3S. The van der Waals surface area contributed by atoms with Crippen molar-refractivity contribution in [2.45, 2.75) is 24.0 Å². The van der Waals surface area contributed by atoms with E-state index in [0.29, 0.717) is 11.0 Å². The van der Waals surface area contributed by atoms with Gasteiger partial charge in [0.05, 0.1) is 28.6 Å². The largest absolute Gasteiger partial charge is 0.477 e. The summed E-state index contributed by atoms with van der Waals surface area (Å²) in [4.78, 5) is 8.80. The Hall–Kier alpha value is -2.98. The van der Waals surface area contributed by atoms with Gasteiger partial charge in [-0.2, -0.15) is 5.26 Å². The molecule has 0 fully saturated rings. The Morgan fingerprint density at radius 1 is 1.08 bits per heavy atom. The van der Waals surface area contributed by atoms with Crippen molar-refractivity contribution in [1.29, 1.82) is 5.26 Å². The fraction of sp³-hybridized carbons (Fsp3) is 0.211. The molecule has 1 heterocycles. The van der Waals surface area contributed by atoms with E-state index in [1.807, 2.05) is 13.0 Å². The highest BCUT2D eigenvalue weighted by atomic mass is 32.2. The summed E-state index contributed by atoms with van der Waals surface area (Å²) in [5, 5.41) is 8.13. The molecule has 132 valence electrons. The number of rotatable bonds is 5. The lowest BCUT2D eigenvalue weighted by atomic mass is 10.2. The molecular weight excluding hydrogens is 350 g/mol. The fourth-order valence-electron chi connectivity index (χ4n) is 2.55. The number of nitriles is 1. The summed E-state index contributed by atoms with van der Waals surface area (Å²) in [6.45, 7) is 3.90. The van der Waals surface area contributed by atoms with Crippen LogP contribution in [0.3, 0.4) is 0 Å². The van der Waals surface area contributed by atoms with Crippen molar-refractivity contribution in [1.82, 2.24) is 9.97 Å². The van der Waals surface area contributed by atoms with Crippen LogP contribution in [-0.2, 0) is 9.84 Å². The number of benzene rings is 2. The molecule has 0 radical (unpaired) electrons. The van der Waals surface area contributed by atoms with E-state index in [4.69, 9.17) is 4.74 Å². The molecule has 6 nitrogen and oxygen atoms in total. The molecule has 0 aliphatic heterocycles. The van der Waals surface area contributed by atoms with E-state index in [1.54, 1.807) is 43.3 Å². The average Bonchev–Trinajstić information content (AvgIpc) is 2.63. The highest BCUT2D eigenvalue weighted by molar-refractivity contribution is 7.92. The maximum Gasteiger partial charge on any atom is 0.238 e. The molecule has 0 saturated carbocycles. The van der Waals surface area contributed by atoms with Crippen LogP contribution in [0.4, 0.5) is 0 Å². The van der Waals surface area contributed by atoms with Crippen LogP contribution < -0.4 is 4.74 Å². The molecule has 0 unspecified atom stereocenters. The normalized spacial score (nSPS) is 12.5. The van der Waals surface area contributed by atoms with Crippen LogP contribution >= 0.6 is 0 Å². The predicted molar refractivity (Wildman–Crippen MR) is 97.4 cm³/mol. The van der Waals surface area contributed by atoms with E-state index in [-0.39, 0.29) is 23.1 Å². The van der Waals surface area contributed by atoms with Crippen LogP contribution in [-0.4, -0.2) is 25.0 Å². The van der Waals surface area contributed by atoms with Crippen molar-refractivity contribution < 1.29 is 13.2 Å². The molecule has 2 aromatic carbocycles. The topological polar surface area (TPSA) is 92.9 Å². The molecule has 0 bridgehead atoms. The van der Waals surface area contributed by atoms with Crippen LogP contribution in [0.5, 0.6) is 5.88 Å². The van der Waals surface area contributed by atoms with Crippen LogP contribution in [0.25, 0.3) is 11.0 Å². The number of hydrogen-bond acceptors (Lipinski definition) is 6. The van der Waals surface area contributed by atoms with Gasteiger partial charge in [-0.25, -0.2) is 18.4 Å². The summed E-state index contributed by atoms with van der Waals surface area (Å²) >= 11 is 0. The Balaban J connectivity index is 2.19. The summed E-state index contributed by atoms with van der Waals surface area (Å²) in [5.74, 6) is 0.0634. The van der Waals surface area contributed by atoms with Gasteiger partial charge in [0, 0.05) is 0 Å². The maximum absolute atomic E-state index is 13.0. The maximum atomic E-state index is 13.0. The van der Waals surface area contributed by atoms with Crippen molar-refractivity contribution in [3.05, 3.63) is 59.8 Å². The number of aryl methyl sites for hydroxylation is 1. The van der Waals surface area contributed by atoms with Crippen molar-refractivity contribution in [3.63, 3.8) is 0 Å². The lowest BCUT2D eigenvalue weighted by Crippen LogP contribution is -2.16. The minimum absolute atomic E-state index is 0.00799. The second kappa shape index (κ2) is 7.10. The average molecular weight is 367 g/mol. The van der Waals surface area contributed by atoms with Gasteiger partial charge in [0.15, 0.2) is 5.25 Å². The first-order chi connectivity index (χ1) is 12.5. The Morgan fingerprint density at radius 2 is 1.69 bits per heavy atom. The first-order valence-electron chi connectivity index (χ1n) is 8.07. The van der Waals surface area contributed by atoms with Crippen LogP contribution in [0.2, 0.25) is 0 Å². The standard InChI is InChI=1S/C19H17N3O3S/c1-3-25-19-18(21-15-6-4-5-7-16(15)22-19)17(12-20)26(23,24)14-10-8-13(2)9-11-14/h4-11,17H,3H2,1-2H3/t17-/m0/s1.